The van der Waals surface area contributed by atoms with Crippen LogP contribution in [-0.2, 0) is 19.6 Å². The third kappa shape index (κ3) is 3.93. The monoisotopic (exact) mass is 362 g/mol. The predicted molar refractivity (Wildman–Crippen MR) is 98.1 cm³/mol. The Morgan fingerprint density at radius 2 is 1.60 bits per heavy atom. The molecular formula is C18H22N2O4S. The number of benzene rings is 2. The Kier molecular flexibility index (Phi) is 5.37. The zero-order valence-electron chi connectivity index (χ0n) is 14.7. The van der Waals surface area contributed by atoms with Gasteiger partial charge in [0.05, 0.1) is 17.7 Å². The Morgan fingerprint density at radius 3 is 2.08 bits per heavy atom. The van der Waals surface area contributed by atoms with Gasteiger partial charge in [0.2, 0.25) is 0 Å². The molecule has 0 aromatic heterocycles. The summed E-state index contributed by atoms with van der Waals surface area (Å²) in [6.07, 6.45) is 0. The first kappa shape index (κ1) is 18.8. The maximum absolute atomic E-state index is 13.3. The maximum Gasteiger partial charge on any atom is 0.326 e. The van der Waals surface area contributed by atoms with Crippen molar-refractivity contribution >= 4 is 27.4 Å². The molecule has 2 aromatic carbocycles. The van der Waals surface area contributed by atoms with E-state index in [-0.39, 0.29) is 4.90 Å². The van der Waals surface area contributed by atoms with E-state index in [1.165, 1.54) is 7.11 Å². The third-order valence-corrected chi connectivity index (χ3v) is 5.91. The van der Waals surface area contributed by atoms with E-state index in [1.807, 2.05) is 6.92 Å². The van der Waals surface area contributed by atoms with Gasteiger partial charge in [-0.05, 0) is 56.2 Å². The molecule has 0 heterocycles. The van der Waals surface area contributed by atoms with Crippen LogP contribution in [0.3, 0.4) is 0 Å². The van der Waals surface area contributed by atoms with Crippen LogP contribution >= 0.6 is 0 Å². The van der Waals surface area contributed by atoms with E-state index in [1.54, 1.807) is 50.2 Å². The van der Waals surface area contributed by atoms with Crippen LogP contribution in [0.5, 0.6) is 0 Å². The van der Waals surface area contributed by atoms with Gasteiger partial charge in [0.1, 0.15) is 6.54 Å². The predicted octanol–water partition coefficient (Wildman–Crippen LogP) is 2.56. The van der Waals surface area contributed by atoms with Crippen LogP contribution in [0.2, 0.25) is 0 Å². The largest absolute Gasteiger partial charge is 0.468 e. The Balaban J connectivity index is 2.63. The molecule has 0 aliphatic carbocycles. The summed E-state index contributed by atoms with van der Waals surface area (Å²) in [5.41, 5.74) is 8.76. The number of esters is 1. The lowest BCUT2D eigenvalue weighted by Crippen LogP contribution is -2.37. The second-order valence-corrected chi connectivity index (χ2v) is 7.71. The number of sulfonamides is 1. The summed E-state index contributed by atoms with van der Waals surface area (Å²) in [7, 11) is -2.74. The lowest BCUT2D eigenvalue weighted by atomic mass is 10.1. The molecule has 2 N–H and O–H groups in total. The number of nitrogens with two attached hydrogens (primary N) is 1. The van der Waals surface area contributed by atoms with Gasteiger partial charge in [-0.15, -0.1) is 0 Å². The van der Waals surface area contributed by atoms with Gasteiger partial charge < -0.3 is 10.5 Å². The maximum atomic E-state index is 13.3. The molecule has 0 aliphatic rings. The zero-order valence-corrected chi connectivity index (χ0v) is 15.6. The standard InChI is InChI=1S/C18H22N2O4S/c1-12-9-13(2)18(14(3)10-12)25(22,23)20(11-17(21)24-4)16-7-5-15(19)6-8-16/h5-10H,11,19H2,1-4H3. The molecule has 0 spiro atoms. The number of nitrogen functional groups attached to an aromatic ring is 1. The molecule has 0 saturated carbocycles. The number of aryl methyl sites for hydroxylation is 3. The van der Waals surface area contributed by atoms with Crippen LogP contribution in [-0.4, -0.2) is 28.0 Å². The van der Waals surface area contributed by atoms with E-state index in [0.29, 0.717) is 22.5 Å². The van der Waals surface area contributed by atoms with Crippen LogP contribution in [0.4, 0.5) is 11.4 Å². The molecule has 2 aromatic rings. The molecule has 0 aliphatic heterocycles. The molecule has 0 bridgehead atoms. The number of methoxy groups -OCH3 is 1. The summed E-state index contributed by atoms with van der Waals surface area (Å²) in [5, 5.41) is 0. The summed E-state index contributed by atoms with van der Waals surface area (Å²) in [6, 6.07) is 9.91. The molecule has 6 nitrogen and oxygen atoms in total. The average Bonchev–Trinajstić information content (AvgIpc) is 2.51. The molecule has 0 amide bonds. The lowest BCUT2D eigenvalue weighted by Gasteiger charge is -2.25. The number of ether oxygens (including phenoxy) is 1. The fraction of sp³-hybridized carbons (Fsp3) is 0.278. The Labute approximate surface area is 148 Å². The molecule has 2 rings (SSSR count). The smallest absolute Gasteiger partial charge is 0.326 e. The second-order valence-electron chi connectivity index (χ2n) is 5.91. The van der Waals surface area contributed by atoms with Crippen molar-refractivity contribution in [2.75, 3.05) is 23.7 Å². The molecule has 0 radical (unpaired) electrons. The lowest BCUT2D eigenvalue weighted by molar-refractivity contribution is -0.138. The van der Waals surface area contributed by atoms with Crippen molar-refractivity contribution in [3.05, 3.63) is 53.1 Å². The van der Waals surface area contributed by atoms with Crippen LogP contribution in [0, 0.1) is 20.8 Å². The van der Waals surface area contributed by atoms with E-state index in [9.17, 15) is 13.2 Å². The fourth-order valence-corrected chi connectivity index (χ4v) is 4.65. The minimum atomic E-state index is -3.96. The number of anilines is 2. The van der Waals surface area contributed by atoms with Gasteiger partial charge in [0.25, 0.3) is 10.0 Å². The second kappa shape index (κ2) is 7.14. The van der Waals surface area contributed by atoms with E-state index in [2.05, 4.69) is 4.74 Å². The van der Waals surface area contributed by atoms with Crippen molar-refractivity contribution in [3.63, 3.8) is 0 Å². The number of rotatable bonds is 5. The van der Waals surface area contributed by atoms with Crippen molar-refractivity contribution in [1.82, 2.24) is 0 Å². The normalized spacial score (nSPS) is 11.2. The highest BCUT2D eigenvalue weighted by atomic mass is 32.2. The molecule has 0 fully saturated rings. The molecule has 0 unspecified atom stereocenters. The Hall–Kier alpha value is -2.54. The highest BCUT2D eigenvalue weighted by molar-refractivity contribution is 7.93. The summed E-state index contributed by atoms with van der Waals surface area (Å²) in [5.74, 6) is -0.650. The molecule has 134 valence electrons. The number of carbonyl (C=O) groups excluding carboxylic acids is 1. The van der Waals surface area contributed by atoms with Crippen LogP contribution < -0.4 is 10.0 Å². The molecule has 0 saturated heterocycles. The van der Waals surface area contributed by atoms with Crippen LogP contribution in [0.15, 0.2) is 41.3 Å². The van der Waals surface area contributed by atoms with Crippen molar-refractivity contribution in [1.29, 1.82) is 0 Å². The van der Waals surface area contributed by atoms with Crippen LogP contribution in [0.25, 0.3) is 0 Å². The van der Waals surface area contributed by atoms with Gasteiger partial charge >= 0.3 is 5.97 Å². The fourth-order valence-electron chi connectivity index (χ4n) is 2.82. The van der Waals surface area contributed by atoms with Gasteiger partial charge in [-0.2, -0.15) is 0 Å². The highest BCUT2D eigenvalue weighted by Crippen LogP contribution is 2.29. The van der Waals surface area contributed by atoms with Gasteiger partial charge in [-0.3, -0.25) is 9.10 Å². The molecule has 25 heavy (non-hydrogen) atoms. The number of hydrogen-bond acceptors (Lipinski definition) is 5. The minimum absolute atomic E-state index is 0.193. The first-order chi connectivity index (χ1) is 11.7. The van der Waals surface area contributed by atoms with E-state index in [0.717, 1.165) is 9.87 Å². The number of hydrogen-bond donors (Lipinski definition) is 1. The molecule has 7 heteroatoms. The number of nitrogens with zero attached hydrogens (tertiary/aromatic N) is 1. The highest BCUT2D eigenvalue weighted by Gasteiger charge is 2.30. The first-order valence-electron chi connectivity index (χ1n) is 7.69. The Morgan fingerprint density at radius 1 is 1.08 bits per heavy atom. The topological polar surface area (TPSA) is 89.7 Å². The van der Waals surface area contributed by atoms with E-state index >= 15 is 0 Å². The third-order valence-electron chi connectivity index (χ3n) is 3.83. The van der Waals surface area contributed by atoms with Gasteiger partial charge in [-0.25, -0.2) is 8.42 Å². The van der Waals surface area contributed by atoms with E-state index in [4.69, 9.17) is 5.73 Å². The van der Waals surface area contributed by atoms with Crippen molar-refractivity contribution < 1.29 is 17.9 Å². The van der Waals surface area contributed by atoms with Crippen LogP contribution in [0.1, 0.15) is 16.7 Å². The van der Waals surface area contributed by atoms with Crippen molar-refractivity contribution in [2.24, 2.45) is 0 Å². The Bertz CT molecular complexity index is 867. The number of carbonyl (C=O) groups is 1. The quantitative estimate of drug-likeness (QED) is 0.652. The summed E-state index contributed by atoms with van der Waals surface area (Å²) < 4.78 is 32.3. The van der Waals surface area contributed by atoms with Gasteiger partial charge in [-0.1, -0.05) is 17.7 Å². The van der Waals surface area contributed by atoms with Gasteiger partial charge in [0.15, 0.2) is 0 Å². The zero-order chi connectivity index (χ0) is 18.8. The molecular weight excluding hydrogens is 340 g/mol. The SMILES string of the molecule is COC(=O)CN(c1ccc(N)cc1)S(=O)(=O)c1c(C)cc(C)cc1C. The van der Waals surface area contributed by atoms with Crippen molar-refractivity contribution in [3.8, 4) is 0 Å². The van der Waals surface area contributed by atoms with Gasteiger partial charge in [0, 0.05) is 5.69 Å². The summed E-state index contributed by atoms with van der Waals surface area (Å²) in [4.78, 5) is 12.0. The van der Waals surface area contributed by atoms with E-state index < -0.39 is 22.5 Å². The molecule has 0 atom stereocenters. The summed E-state index contributed by atoms with van der Waals surface area (Å²) in [6.45, 7) is 4.97. The first-order valence-corrected chi connectivity index (χ1v) is 9.13. The average molecular weight is 362 g/mol. The minimum Gasteiger partial charge on any atom is -0.468 e. The van der Waals surface area contributed by atoms with Crippen molar-refractivity contribution in [2.45, 2.75) is 25.7 Å². The summed E-state index contributed by atoms with van der Waals surface area (Å²) >= 11 is 0.